The number of ether oxygens (including phenoxy) is 1. The quantitative estimate of drug-likeness (QED) is 0.844. The summed E-state index contributed by atoms with van der Waals surface area (Å²) in [5, 5.41) is 2.00. The van der Waals surface area contributed by atoms with E-state index in [4.69, 9.17) is 4.74 Å². The highest BCUT2D eigenvalue weighted by atomic mass is 32.1. The average Bonchev–Trinajstić information content (AvgIpc) is 3.22. The maximum absolute atomic E-state index is 12.8. The van der Waals surface area contributed by atoms with E-state index in [9.17, 15) is 9.59 Å². The highest BCUT2D eigenvalue weighted by Gasteiger charge is 2.24. The van der Waals surface area contributed by atoms with Crippen molar-refractivity contribution in [1.82, 2.24) is 9.47 Å². The first-order valence-electron chi connectivity index (χ1n) is 7.73. The number of aromatic nitrogens is 1. The number of carbonyl (C=O) groups is 1. The molecule has 23 heavy (non-hydrogen) atoms. The Labute approximate surface area is 139 Å². The van der Waals surface area contributed by atoms with E-state index < -0.39 is 0 Å². The molecule has 3 rings (SSSR count). The fraction of sp³-hybridized carbons (Fsp3) is 0.412. The molecule has 1 atom stereocenters. The smallest absolute Gasteiger partial charge is 0.254 e. The second-order valence-corrected chi connectivity index (χ2v) is 6.80. The van der Waals surface area contributed by atoms with Crippen molar-refractivity contribution in [2.75, 3.05) is 13.2 Å². The molecule has 1 unspecified atom stereocenters. The zero-order valence-electron chi connectivity index (χ0n) is 13.1. The molecule has 0 saturated carbocycles. The van der Waals surface area contributed by atoms with Crippen molar-refractivity contribution >= 4 is 17.2 Å². The fourth-order valence-electron chi connectivity index (χ4n) is 2.71. The molecule has 2 aromatic rings. The molecule has 122 valence electrons. The van der Waals surface area contributed by atoms with Crippen LogP contribution in [0.25, 0.3) is 0 Å². The number of aryl methyl sites for hydroxylation is 1. The zero-order valence-corrected chi connectivity index (χ0v) is 13.9. The Kier molecular flexibility index (Phi) is 4.93. The van der Waals surface area contributed by atoms with E-state index in [2.05, 4.69) is 0 Å². The van der Waals surface area contributed by atoms with Gasteiger partial charge in [-0.2, -0.15) is 0 Å². The number of carbonyl (C=O) groups excluding carboxylic acids is 1. The van der Waals surface area contributed by atoms with Crippen LogP contribution in [-0.4, -0.2) is 34.6 Å². The predicted molar refractivity (Wildman–Crippen MR) is 89.7 cm³/mol. The van der Waals surface area contributed by atoms with Crippen molar-refractivity contribution in [2.24, 2.45) is 7.05 Å². The Hall–Kier alpha value is -1.92. The molecule has 0 bridgehead atoms. The van der Waals surface area contributed by atoms with Crippen molar-refractivity contribution < 1.29 is 9.53 Å². The van der Waals surface area contributed by atoms with Crippen LogP contribution in [0.15, 0.2) is 40.6 Å². The van der Waals surface area contributed by atoms with Gasteiger partial charge < -0.3 is 14.2 Å². The van der Waals surface area contributed by atoms with Gasteiger partial charge >= 0.3 is 0 Å². The normalized spacial score (nSPS) is 17.3. The number of nitrogens with zero attached hydrogens (tertiary/aromatic N) is 2. The van der Waals surface area contributed by atoms with Gasteiger partial charge in [0.25, 0.3) is 11.5 Å². The molecule has 2 aromatic heterocycles. The molecule has 0 aliphatic carbocycles. The van der Waals surface area contributed by atoms with Gasteiger partial charge in [-0.05, 0) is 30.4 Å². The van der Waals surface area contributed by atoms with Crippen LogP contribution in [0, 0.1) is 0 Å². The monoisotopic (exact) mass is 332 g/mol. The summed E-state index contributed by atoms with van der Waals surface area (Å²) in [6.07, 6.45) is 3.73. The summed E-state index contributed by atoms with van der Waals surface area (Å²) in [4.78, 5) is 27.6. The van der Waals surface area contributed by atoms with Crippen LogP contribution in [-0.2, 0) is 18.3 Å². The number of hydrogen-bond acceptors (Lipinski definition) is 4. The summed E-state index contributed by atoms with van der Waals surface area (Å²) in [5.41, 5.74) is 0.256. The van der Waals surface area contributed by atoms with Crippen LogP contribution in [0.5, 0.6) is 0 Å². The second-order valence-electron chi connectivity index (χ2n) is 5.76. The van der Waals surface area contributed by atoms with Gasteiger partial charge in [-0.3, -0.25) is 9.59 Å². The van der Waals surface area contributed by atoms with Crippen molar-refractivity contribution in [3.63, 3.8) is 0 Å². The lowest BCUT2D eigenvalue weighted by molar-refractivity contribution is 0.0509. The van der Waals surface area contributed by atoms with Crippen molar-refractivity contribution in [2.45, 2.75) is 25.5 Å². The third-order valence-electron chi connectivity index (χ3n) is 4.01. The van der Waals surface area contributed by atoms with Gasteiger partial charge in [0.15, 0.2) is 0 Å². The number of hydrogen-bond donors (Lipinski definition) is 0. The van der Waals surface area contributed by atoms with Gasteiger partial charge in [-0.1, -0.05) is 6.07 Å². The maximum Gasteiger partial charge on any atom is 0.254 e. The summed E-state index contributed by atoms with van der Waals surface area (Å²) >= 11 is 1.63. The molecular formula is C17H20N2O3S. The first kappa shape index (κ1) is 16.0. The molecular weight excluding hydrogens is 312 g/mol. The van der Waals surface area contributed by atoms with E-state index >= 15 is 0 Å². The largest absolute Gasteiger partial charge is 0.376 e. The van der Waals surface area contributed by atoms with E-state index in [0.717, 1.165) is 24.3 Å². The maximum atomic E-state index is 12.8. The third-order valence-corrected chi connectivity index (χ3v) is 4.87. The lowest BCUT2D eigenvalue weighted by atomic mass is 10.2. The van der Waals surface area contributed by atoms with Gasteiger partial charge in [0.1, 0.15) is 0 Å². The predicted octanol–water partition coefficient (Wildman–Crippen LogP) is 2.27. The lowest BCUT2D eigenvalue weighted by Gasteiger charge is -2.25. The Morgan fingerprint density at radius 1 is 1.48 bits per heavy atom. The van der Waals surface area contributed by atoms with E-state index in [1.165, 1.54) is 10.6 Å². The van der Waals surface area contributed by atoms with Crippen molar-refractivity contribution in [1.29, 1.82) is 0 Å². The standard InChI is InChI=1S/C17H20N2O3S/c1-18-7-6-13(10-16(18)20)17(21)19(11-14-4-2-8-22-14)12-15-5-3-9-23-15/h3,5-7,9-10,14H,2,4,8,11-12H2,1H3. The van der Waals surface area contributed by atoms with E-state index in [1.54, 1.807) is 35.5 Å². The average molecular weight is 332 g/mol. The number of pyridine rings is 1. The van der Waals surface area contributed by atoms with Crippen molar-refractivity contribution in [3.05, 3.63) is 56.6 Å². The summed E-state index contributed by atoms with van der Waals surface area (Å²) in [6.45, 7) is 1.87. The van der Waals surface area contributed by atoms with E-state index in [0.29, 0.717) is 18.7 Å². The van der Waals surface area contributed by atoms with Crippen LogP contribution >= 0.6 is 11.3 Å². The van der Waals surface area contributed by atoms with Crippen LogP contribution in [0.2, 0.25) is 0 Å². The Balaban J connectivity index is 1.81. The van der Waals surface area contributed by atoms with Gasteiger partial charge in [-0.15, -0.1) is 11.3 Å². The second kappa shape index (κ2) is 7.10. The Morgan fingerprint density at radius 2 is 2.35 bits per heavy atom. The minimum absolute atomic E-state index is 0.0884. The minimum Gasteiger partial charge on any atom is -0.376 e. The van der Waals surface area contributed by atoms with E-state index in [-0.39, 0.29) is 17.6 Å². The first-order chi connectivity index (χ1) is 11.1. The van der Waals surface area contributed by atoms with Crippen LogP contribution in [0.3, 0.4) is 0 Å². The van der Waals surface area contributed by atoms with E-state index in [1.807, 2.05) is 17.5 Å². The molecule has 3 heterocycles. The number of rotatable bonds is 5. The van der Waals surface area contributed by atoms with Crippen LogP contribution in [0.4, 0.5) is 0 Å². The summed E-state index contributed by atoms with van der Waals surface area (Å²) in [7, 11) is 1.67. The molecule has 0 N–H and O–H groups in total. The SMILES string of the molecule is Cn1ccc(C(=O)N(Cc2cccs2)CC2CCCO2)cc1=O. The molecule has 1 fully saturated rings. The molecule has 0 spiro atoms. The molecule has 1 aliphatic heterocycles. The molecule has 0 radical (unpaired) electrons. The van der Waals surface area contributed by atoms with Crippen LogP contribution < -0.4 is 5.56 Å². The highest BCUT2D eigenvalue weighted by Crippen LogP contribution is 2.18. The zero-order chi connectivity index (χ0) is 16.2. The first-order valence-corrected chi connectivity index (χ1v) is 8.61. The summed E-state index contributed by atoms with van der Waals surface area (Å²) < 4.78 is 7.13. The van der Waals surface area contributed by atoms with Gasteiger partial charge in [-0.25, -0.2) is 0 Å². The third kappa shape index (κ3) is 3.89. The Bertz CT molecular complexity index is 718. The number of thiophene rings is 1. The fourth-order valence-corrected chi connectivity index (χ4v) is 3.43. The Morgan fingerprint density at radius 3 is 3.00 bits per heavy atom. The minimum atomic E-state index is -0.177. The van der Waals surface area contributed by atoms with Gasteiger partial charge in [0, 0.05) is 42.9 Å². The highest BCUT2D eigenvalue weighted by molar-refractivity contribution is 7.09. The van der Waals surface area contributed by atoms with Gasteiger partial charge in [0.05, 0.1) is 12.6 Å². The van der Waals surface area contributed by atoms with Gasteiger partial charge in [0.2, 0.25) is 0 Å². The molecule has 5 nitrogen and oxygen atoms in total. The number of amides is 1. The molecule has 6 heteroatoms. The molecule has 1 aliphatic rings. The molecule has 0 aromatic carbocycles. The van der Waals surface area contributed by atoms with Crippen LogP contribution in [0.1, 0.15) is 28.1 Å². The topological polar surface area (TPSA) is 51.5 Å². The lowest BCUT2D eigenvalue weighted by Crippen LogP contribution is -2.37. The molecule has 1 amide bonds. The summed E-state index contributed by atoms with van der Waals surface area (Å²) in [5.74, 6) is -0.119. The van der Waals surface area contributed by atoms with Crippen molar-refractivity contribution in [3.8, 4) is 0 Å². The summed E-state index contributed by atoms with van der Waals surface area (Å²) in [6, 6.07) is 7.09. The molecule has 1 saturated heterocycles.